The molecule has 1 unspecified atom stereocenters. The van der Waals surface area contributed by atoms with E-state index in [4.69, 9.17) is 0 Å². The molecule has 4 nitrogen and oxygen atoms in total. The second kappa shape index (κ2) is 8.63. The van der Waals surface area contributed by atoms with Gasteiger partial charge in [-0.1, -0.05) is 45.8 Å². The van der Waals surface area contributed by atoms with Crippen LogP contribution in [-0.2, 0) is 21.1 Å². The molecule has 0 heterocycles. The van der Waals surface area contributed by atoms with Crippen LogP contribution in [0.3, 0.4) is 0 Å². The largest absolute Gasteiger partial charge is 0.353 e. The molecule has 6 heteroatoms. The first-order valence-electron chi connectivity index (χ1n) is 8.09. The van der Waals surface area contributed by atoms with E-state index in [0.29, 0.717) is 6.42 Å². The number of halogens is 1. The number of nitrogens with one attached hydrogen (secondary N) is 1. The minimum Gasteiger partial charge on any atom is -0.353 e. The maximum Gasteiger partial charge on any atom is 0.221 e. The maximum absolute atomic E-state index is 12.3. The van der Waals surface area contributed by atoms with Gasteiger partial charge in [0.05, 0.1) is 10.6 Å². The van der Waals surface area contributed by atoms with E-state index in [-0.39, 0.29) is 29.0 Å². The lowest BCUT2D eigenvalue weighted by Crippen LogP contribution is -2.35. The quantitative estimate of drug-likeness (QED) is 0.738. The standard InChI is InChI=1S/C19H22BrNO3S/c1-14-3-9-18(10-4-14)25(23,24)12-11-19(22)21-15(2)13-16-5-7-17(20)8-6-16/h3-10,15H,11-13H2,1-2H3,(H,21,22). The van der Waals surface area contributed by atoms with Gasteiger partial charge in [0.25, 0.3) is 0 Å². The van der Waals surface area contributed by atoms with Gasteiger partial charge in [0.1, 0.15) is 0 Å². The second-order valence-electron chi connectivity index (χ2n) is 6.18. The minimum absolute atomic E-state index is 0.0408. The van der Waals surface area contributed by atoms with E-state index in [9.17, 15) is 13.2 Å². The third-order valence-electron chi connectivity index (χ3n) is 3.84. The first kappa shape index (κ1) is 19.7. The molecule has 0 saturated carbocycles. The van der Waals surface area contributed by atoms with Gasteiger partial charge in [-0.15, -0.1) is 0 Å². The van der Waals surface area contributed by atoms with Crippen molar-refractivity contribution in [1.29, 1.82) is 0 Å². The summed E-state index contributed by atoms with van der Waals surface area (Å²) >= 11 is 3.39. The van der Waals surface area contributed by atoms with Gasteiger partial charge in [0.2, 0.25) is 5.91 Å². The zero-order valence-electron chi connectivity index (χ0n) is 14.3. The Balaban J connectivity index is 1.85. The third-order valence-corrected chi connectivity index (χ3v) is 6.10. The fourth-order valence-corrected chi connectivity index (χ4v) is 3.97. The molecule has 2 aromatic rings. The predicted molar refractivity (Wildman–Crippen MR) is 103 cm³/mol. The lowest BCUT2D eigenvalue weighted by atomic mass is 10.1. The number of rotatable bonds is 7. The Kier molecular flexibility index (Phi) is 6.79. The lowest BCUT2D eigenvalue weighted by molar-refractivity contribution is -0.121. The molecular weight excluding hydrogens is 402 g/mol. The first-order chi connectivity index (χ1) is 11.8. The number of carbonyl (C=O) groups is 1. The Morgan fingerprint density at radius 2 is 1.68 bits per heavy atom. The SMILES string of the molecule is Cc1ccc(S(=O)(=O)CCC(=O)NC(C)Cc2ccc(Br)cc2)cc1. The number of amides is 1. The van der Waals surface area contributed by atoms with Crippen molar-refractivity contribution in [2.24, 2.45) is 0 Å². The number of benzene rings is 2. The smallest absolute Gasteiger partial charge is 0.221 e. The molecule has 0 radical (unpaired) electrons. The highest BCUT2D eigenvalue weighted by molar-refractivity contribution is 9.10. The summed E-state index contributed by atoms with van der Waals surface area (Å²) < 4.78 is 25.6. The first-order valence-corrected chi connectivity index (χ1v) is 10.5. The topological polar surface area (TPSA) is 63.2 Å². The van der Waals surface area contributed by atoms with Gasteiger partial charge < -0.3 is 5.32 Å². The van der Waals surface area contributed by atoms with Crippen molar-refractivity contribution in [2.45, 2.75) is 37.6 Å². The van der Waals surface area contributed by atoms with Crippen LogP contribution in [0.1, 0.15) is 24.5 Å². The van der Waals surface area contributed by atoms with E-state index in [1.165, 1.54) is 0 Å². The van der Waals surface area contributed by atoms with Gasteiger partial charge in [0.15, 0.2) is 9.84 Å². The van der Waals surface area contributed by atoms with Crippen molar-refractivity contribution < 1.29 is 13.2 Å². The molecule has 2 rings (SSSR count). The molecule has 134 valence electrons. The monoisotopic (exact) mass is 423 g/mol. The van der Waals surface area contributed by atoms with Crippen molar-refractivity contribution in [3.8, 4) is 0 Å². The van der Waals surface area contributed by atoms with Crippen molar-refractivity contribution in [3.05, 3.63) is 64.1 Å². The second-order valence-corrected chi connectivity index (χ2v) is 9.21. The maximum atomic E-state index is 12.3. The van der Waals surface area contributed by atoms with Crippen LogP contribution >= 0.6 is 15.9 Å². The van der Waals surface area contributed by atoms with Gasteiger partial charge in [-0.3, -0.25) is 4.79 Å². The van der Waals surface area contributed by atoms with Crippen molar-refractivity contribution in [2.75, 3.05) is 5.75 Å². The van der Waals surface area contributed by atoms with Crippen LogP contribution in [0.2, 0.25) is 0 Å². The normalized spacial score (nSPS) is 12.6. The molecule has 1 atom stereocenters. The average Bonchev–Trinajstić information content (AvgIpc) is 2.55. The number of sulfone groups is 1. The molecule has 0 saturated heterocycles. The van der Waals surface area contributed by atoms with E-state index in [1.54, 1.807) is 24.3 Å². The molecule has 0 spiro atoms. The van der Waals surface area contributed by atoms with E-state index in [0.717, 1.165) is 15.6 Å². The van der Waals surface area contributed by atoms with Crippen LogP contribution < -0.4 is 5.32 Å². The Bertz CT molecular complexity index is 815. The van der Waals surface area contributed by atoms with Gasteiger partial charge in [-0.2, -0.15) is 0 Å². The van der Waals surface area contributed by atoms with Crippen LogP contribution in [0, 0.1) is 6.92 Å². The summed E-state index contributed by atoms with van der Waals surface area (Å²) in [6.07, 6.45) is 0.657. The molecule has 0 aliphatic rings. The Morgan fingerprint density at radius 1 is 1.08 bits per heavy atom. The summed E-state index contributed by atoms with van der Waals surface area (Å²) in [5.41, 5.74) is 2.11. The van der Waals surface area contributed by atoms with Gasteiger partial charge in [-0.25, -0.2) is 8.42 Å². The molecule has 1 amide bonds. The molecule has 2 aromatic carbocycles. The zero-order valence-corrected chi connectivity index (χ0v) is 16.7. The van der Waals surface area contributed by atoms with Crippen molar-refractivity contribution in [3.63, 3.8) is 0 Å². The summed E-state index contributed by atoms with van der Waals surface area (Å²) in [6.45, 7) is 3.81. The molecule has 0 aromatic heterocycles. The molecule has 0 aliphatic heterocycles. The molecule has 1 N–H and O–H groups in total. The van der Waals surface area contributed by atoms with Crippen LogP contribution in [-0.4, -0.2) is 26.1 Å². The molecule has 0 aliphatic carbocycles. The van der Waals surface area contributed by atoms with Crippen LogP contribution in [0.4, 0.5) is 0 Å². The van der Waals surface area contributed by atoms with Gasteiger partial charge >= 0.3 is 0 Å². The molecular formula is C19H22BrNO3S. The highest BCUT2D eigenvalue weighted by atomic mass is 79.9. The number of hydrogen-bond acceptors (Lipinski definition) is 3. The highest BCUT2D eigenvalue weighted by Crippen LogP contribution is 2.14. The lowest BCUT2D eigenvalue weighted by Gasteiger charge is -2.14. The number of carbonyl (C=O) groups excluding carboxylic acids is 1. The minimum atomic E-state index is -3.44. The van der Waals surface area contributed by atoms with E-state index < -0.39 is 9.84 Å². The summed E-state index contributed by atoms with van der Waals surface area (Å²) in [5.74, 6) is -0.437. The van der Waals surface area contributed by atoms with Gasteiger partial charge in [-0.05, 0) is 50.1 Å². The summed E-state index contributed by atoms with van der Waals surface area (Å²) in [6, 6.07) is 14.5. The fourth-order valence-electron chi connectivity index (χ4n) is 2.46. The van der Waals surface area contributed by atoms with Crippen molar-refractivity contribution in [1.82, 2.24) is 5.32 Å². The van der Waals surface area contributed by atoms with Gasteiger partial charge in [0, 0.05) is 16.9 Å². The summed E-state index contributed by atoms with van der Waals surface area (Å²) in [7, 11) is -3.44. The van der Waals surface area contributed by atoms with Crippen LogP contribution in [0.25, 0.3) is 0 Å². The highest BCUT2D eigenvalue weighted by Gasteiger charge is 2.17. The molecule has 0 fully saturated rings. The number of hydrogen-bond donors (Lipinski definition) is 1. The molecule has 25 heavy (non-hydrogen) atoms. The molecule has 0 bridgehead atoms. The Morgan fingerprint density at radius 3 is 2.28 bits per heavy atom. The van der Waals surface area contributed by atoms with E-state index in [1.807, 2.05) is 38.1 Å². The Labute approximate surface area is 157 Å². The summed E-state index contributed by atoms with van der Waals surface area (Å²) in [4.78, 5) is 12.3. The zero-order chi connectivity index (χ0) is 18.4. The van der Waals surface area contributed by atoms with E-state index in [2.05, 4.69) is 21.2 Å². The van der Waals surface area contributed by atoms with Crippen LogP contribution in [0.15, 0.2) is 57.9 Å². The predicted octanol–water partition coefficient (Wildman–Crippen LogP) is 3.67. The average molecular weight is 424 g/mol. The third kappa shape index (κ3) is 6.29. The van der Waals surface area contributed by atoms with Crippen LogP contribution in [0.5, 0.6) is 0 Å². The Hall–Kier alpha value is -1.66. The number of aryl methyl sites for hydroxylation is 1. The van der Waals surface area contributed by atoms with Crippen molar-refractivity contribution >= 4 is 31.7 Å². The summed E-state index contributed by atoms with van der Waals surface area (Å²) in [5, 5.41) is 2.86. The van der Waals surface area contributed by atoms with E-state index >= 15 is 0 Å². The fraction of sp³-hybridized carbons (Fsp3) is 0.316.